The molecule has 0 unspecified atom stereocenters. The number of amides is 2. The molecule has 1 spiro atoms. The Labute approximate surface area is 126 Å². The molecular formula is C14H18F2N4O2. The van der Waals surface area contributed by atoms with Gasteiger partial charge in [0.1, 0.15) is 11.5 Å². The third kappa shape index (κ3) is 2.36. The van der Waals surface area contributed by atoms with Gasteiger partial charge in [0, 0.05) is 26.6 Å². The highest BCUT2D eigenvalue weighted by Crippen LogP contribution is 2.45. The predicted octanol–water partition coefficient (Wildman–Crippen LogP) is 1.05. The van der Waals surface area contributed by atoms with E-state index in [1.54, 1.807) is 14.0 Å². The number of H-pyrrole nitrogens is 1. The van der Waals surface area contributed by atoms with Crippen LogP contribution in [-0.4, -0.2) is 64.2 Å². The van der Waals surface area contributed by atoms with Crippen LogP contribution in [0.2, 0.25) is 0 Å². The summed E-state index contributed by atoms with van der Waals surface area (Å²) in [5.74, 6) is -3.37. The van der Waals surface area contributed by atoms with Crippen molar-refractivity contribution in [1.82, 2.24) is 19.8 Å². The quantitative estimate of drug-likeness (QED) is 0.842. The Balaban J connectivity index is 1.89. The lowest BCUT2D eigenvalue weighted by atomic mass is 9.77. The molecule has 0 radical (unpaired) electrons. The number of hydrogen-bond acceptors (Lipinski definition) is 3. The van der Waals surface area contributed by atoms with Crippen LogP contribution < -0.4 is 0 Å². The van der Waals surface area contributed by atoms with E-state index >= 15 is 0 Å². The number of likely N-dealkylation sites (tertiary alicyclic amines) is 2. The number of hydrogen-bond donors (Lipinski definition) is 1. The summed E-state index contributed by atoms with van der Waals surface area (Å²) in [5, 5.41) is 0. The molecule has 0 bridgehead atoms. The molecule has 22 heavy (non-hydrogen) atoms. The highest BCUT2D eigenvalue weighted by atomic mass is 19.3. The smallest absolute Gasteiger partial charge is 0.272 e. The fourth-order valence-electron chi connectivity index (χ4n) is 3.46. The lowest BCUT2D eigenvalue weighted by molar-refractivity contribution is -0.150. The summed E-state index contributed by atoms with van der Waals surface area (Å²) in [6.45, 7) is 1.49. The van der Waals surface area contributed by atoms with Crippen molar-refractivity contribution in [3.05, 3.63) is 17.7 Å². The number of carbonyl (C=O) groups is 2. The van der Waals surface area contributed by atoms with Crippen molar-refractivity contribution in [1.29, 1.82) is 0 Å². The Morgan fingerprint density at radius 2 is 2.14 bits per heavy atom. The Kier molecular flexibility index (Phi) is 3.23. The summed E-state index contributed by atoms with van der Waals surface area (Å²) in [6, 6.07) is 0. The maximum atomic E-state index is 14.1. The lowest BCUT2D eigenvalue weighted by Crippen LogP contribution is -2.57. The zero-order chi connectivity index (χ0) is 16.1. The number of imidazole rings is 1. The highest BCUT2D eigenvalue weighted by Gasteiger charge is 2.57. The van der Waals surface area contributed by atoms with Crippen LogP contribution in [0.15, 0.2) is 6.20 Å². The number of rotatable bonds is 1. The lowest BCUT2D eigenvalue weighted by Gasteiger charge is -2.42. The summed E-state index contributed by atoms with van der Waals surface area (Å²) in [5.41, 5.74) is -0.995. The van der Waals surface area contributed by atoms with Gasteiger partial charge in [0.15, 0.2) is 0 Å². The van der Waals surface area contributed by atoms with Crippen molar-refractivity contribution in [2.24, 2.45) is 5.41 Å². The van der Waals surface area contributed by atoms with Crippen molar-refractivity contribution in [3.8, 4) is 0 Å². The monoisotopic (exact) mass is 312 g/mol. The number of nitrogens with zero attached hydrogens (tertiary/aromatic N) is 3. The van der Waals surface area contributed by atoms with Crippen molar-refractivity contribution in [3.63, 3.8) is 0 Å². The van der Waals surface area contributed by atoms with Crippen LogP contribution in [0, 0.1) is 12.3 Å². The van der Waals surface area contributed by atoms with E-state index in [-0.39, 0.29) is 18.1 Å². The minimum absolute atomic E-state index is 0.0304. The topological polar surface area (TPSA) is 69.3 Å². The summed E-state index contributed by atoms with van der Waals surface area (Å²) < 4.78 is 28.3. The summed E-state index contributed by atoms with van der Waals surface area (Å²) in [6.07, 6.45) is 1.19. The second kappa shape index (κ2) is 4.76. The van der Waals surface area contributed by atoms with E-state index in [9.17, 15) is 18.4 Å². The maximum absolute atomic E-state index is 14.1. The zero-order valence-electron chi connectivity index (χ0n) is 12.5. The van der Waals surface area contributed by atoms with Crippen LogP contribution in [0.4, 0.5) is 8.78 Å². The van der Waals surface area contributed by atoms with E-state index in [0.717, 1.165) is 4.90 Å². The molecule has 3 heterocycles. The Morgan fingerprint density at radius 3 is 2.68 bits per heavy atom. The molecular weight excluding hydrogens is 294 g/mol. The number of alkyl halides is 2. The van der Waals surface area contributed by atoms with E-state index < -0.39 is 30.2 Å². The third-order valence-electron chi connectivity index (χ3n) is 4.46. The minimum Gasteiger partial charge on any atom is -0.345 e. The summed E-state index contributed by atoms with van der Waals surface area (Å²) in [7, 11) is 1.61. The van der Waals surface area contributed by atoms with Gasteiger partial charge in [0.25, 0.3) is 11.8 Å². The van der Waals surface area contributed by atoms with Gasteiger partial charge in [-0.3, -0.25) is 9.59 Å². The van der Waals surface area contributed by atoms with Gasteiger partial charge in [-0.05, 0) is 13.3 Å². The standard InChI is InChI=1S/C14H18F2N4O2/c1-9-17-5-10(18-9)11(21)20-7-13(6-14(15,16)8-20)3-4-19(2)12(13)22/h5H,3-4,6-8H2,1-2H3,(H,17,18)/t13-/m0/s1. The first-order valence-electron chi connectivity index (χ1n) is 7.17. The Bertz CT molecular complexity index is 630. The molecule has 0 aromatic carbocycles. The van der Waals surface area contributed by atoms with Gasteiger partial charge in [-0.1, -0.05) is 0 Å². The molecule has 1 aromatic rings. The third-order valence-corrected chi connectivity index (χ3v) is 4.46. The second-order valence-electron chi connectivity index (χ2n) is 6.33. The fraction of sp³-hybridized carbons (Fsp3) is 0.643. The number of aromatic amines is 1. The van der Waals surface area contributed by atoms with Crippen LogP contribution in [0.25, 0.3) is 0 Å². The van der Waals surface area contributed by atoms with Crippen LogP contribution in [0.3, 0.4) is 0 Å². The van der Waals surface area contributed by atoms with Crippen molar-refractivity contribution >= 4 is 11.8 Å². The zero-order valence-corrected chi connectivity index (χ0v) is 12.5. The minimum atomic E-state index is -3.07. The molecule has 2 saturated heterocycles. The summed E-state index contributed by atoms with van der Waals surface area (Å²) in [4.78, 5) is 34.0. The van der Waals surface area contributed by atoms with Crippen molar-refractivity contribution in [2.75, 3.05) is 26.7 Å². The largest absolute Gasteiger partial charge is 0.345 e. The van der Waals surface area contributed by atoms with Crippen LogP contribution in [0.1, 0.15) is 29.2 Å². The maximum Gasteiger partial charge on any atom is 0.272 e. The van der Waals surface area contributed by atoms with Gasteiger partial charge in [0.2, 0.25) is 5.91 Å². The summed E-state index contributed by atoms with van der Waals surface area (Å²) >= 11 is 0. The number of aryl methyl sites for hydroxylation is 1. The Hall–Kier alpha value is -1.99. The first-order chi connectivity index (χ1) is 10.2. The average Bonchev–Trinajstić information content (AvgIpc) is 2.97. The molecule has 3 rings (SSSR count). The van der Waals surface area contributed by atoms with E-state index in [4.69, 9.17) is 0 Å². The van der Waals surface area contributed by atoms with Crippen LogP contribution in [-0.2, 0) is 4.79 Å². The van der Waals surface area contributed by atoms with E-state index in [2.05, 4.69) is 9.97 Å². The van der Waals surface area contributed by atoms with Gasteiger partial charge in [0.05, 0.1) is 18.2 Å². The first-order valence-corrected chi connectivity index (χ1v) is 7.17. The molecule has 1 atom stereocenters. The van der Waals surface area contributed by atoms with Gasteiger partial charge in [-0.15, -0.1) is 0 Å². The van der Waals surface area contributed by atoms with Crippen LogP contribution >= 0.6 is 0 Å². The molecule has 0 aliphatic carbocycles. The van der Waals surface area contributed by atoms with Gasteiger partial charge in [-0.25, -0.2) is 13.8 Å². The van der Waals surface area contributed by atoms with Crippen molar-refractivity contribution in [2.45, 2.75) is 25.7 Å². The molecule has 2 amide bonds. The van der Waals surface area contributed by atoms with Crippen LogP contribution in [0.5, 0.6) is 0 Å². The molecule has 1 aromatic heterocycles. The number of aromatic nitrogens is 2. The number of carbonyl (C=O) groups excluding carboxylic acids is 2. The first kappa shape index (κ1) is 14.9. The predicted molar refractivity (Wildman–Crippen MR) is 73.5 cm³/mol. The highest BCUT2D eigenvalue weighted by molar-refractivity contribution is 5.93. The molecule has 120 valence electrons. The number of piperidine rings is 1. The van der Waals surface area contributed by atoms with E-state index in [1.807, 2.05) is 0 Å². The van der Waals surface area contributed by atoms with E-state index in [0.29, 0.717) is 18.8 Å². The second-order valence-corrected chi connectivity index (χ2v) is 6.33. The van der Waals surface area contributed by atoms with Gasteiger partial charge < -0.3 is 14.8 Å². The molecule has 0 saturated carbocycles. The van der Waals surface area contributed by atoms with Gasteiger partial charge >= 0.3 is 0 Å². The SMILES string of the molecule is Cc1ncc(C(=O)N2CC(F)(F)C[C@@]3(CCN(C)C3=O)C2)[nH]1. The fourth-order valence-corrected chi connectivity index (χ4v) is 3.46. The van der Waals surface area contributed by atoms with Crippen molar-refractivity contribution < 1.29 is 18.4 Å². The molecule has 2 aliphatic rings. The molecule has 6 nitrogen and oxygen atoms in total. The molecule has 2 aliphatic heterocycles. The number of halogens is 2. The number of nitrogens with one attached hydrogen (secondary N) is 1. The normalized spacial score (nSPS) is 27.7. The average molecular weight is 312 g/mol. The van der Waals surface area contributed by atoms with Gasteiger partial charge in [-0.2, -0.15) is 0 Å². The van der Waals surface area contributed by atoms with E-state index in [1.165, 1.54) is 11.1 Å². The molecule has 8 heteroatoms. The Morgan fingerprint density at radius 1 is 1.41 bits per heavy atom. The molecule has 1 N–H and O–H groups in total. The molecule has 2 fully saturated rings.